The Morgan fingerprint density at radius 3 is 2.00 bits per heavy atom. The molecule has 0 aromatic heterocycles. The Kier molecular flexibility index (Phi) is 19.8. The van der Waals surface area contributed by atoms with Crippen LogP contribution in [0.5, 0.6) is 0 Å². The Bertz CT molecular complexity index is 90.7. The molecule has 0 saturated heterocycles. The average molecular weight is 203 g/mol. The minimum Gasteiger partial charge on any atom is -0.370 e. The van der Waals surface area contributed by atoms with Gasteiger partial charge in [0.1, 0.15) is 0 Å². The number of rotatable bonds is 5. The van der Waals surface area contributed by atoms with Crippen LogP contribution in [0.15, 0.2) is 0 Å². The van der Waals surface area contributed by atoms with Crippen molar-refractivity contribution in [3.8, 4) is 0 Å². The Balaban J connectivity index is -0.000000320. The van der Waals surface area contributed by atoms with Crippen molar-refractivity contribution >= 4 is 30.7 Å². The molecular weight excluding hydrogens is 187 g/mol. The zero-order valence-electron chi connectivity index (χ0n) is 6.41. The van der Waals surface area contributed by atoms with Crippen molar-refractivity contribution < 1.29 is 4.79 Å². The molecule has 11 heavy (non-hydrogen) atoms. The molecule has 0 radical (unpaired) electrons. The Morgan fingerprint density at radius 1 is 1.09 bits per heavy atom. The SMILES string of the molecule is Cl.Cl.NCCCCCC(N)=O. The summed E-state index contributed by atoms with van der Waals surface area (Å²) in [6.07, 6.45) is 3.39. The Hall–Kier alpha value is 0.01000. The van der Waals surface area contributed by atoms with E-state index in [4.69, 9.17) is 11.5 Å². The van der Waals surface area contributed by atoms with E-state index in [1.54, 1.807) is 0 Å². The van der Waals surface area contributed by atoms with Crippen LogP contribution in [0, 0.1) is 0 Å². The first kappa shape index (κ1) is 17.2. The number of unbranched alkanes of at least 4 members (excludes halogenated alkanes) is 2. The Labute approximate surface area is 79.7 Å². The number of halogens is 2. The average Bonchev–Trinajstić information content (AvgIpc) is 1.80. The summed E-state index contributed by atoms with van der Waals surface area (Å²) in [5, 5.41) is 0. The molecule has 0 aromatic carbocycles. The van der Waals surface area contributed by atoms with E-state index in [2.05, 4.69) is 0 Å². The zero-order chi connectivity index (χ0) is 7.11. The molecule has 0 unspecified atom stereocenters. The third-order valence-electron chi connectivity index (χ3n) is 1.13. The largest absolute Gasteiger partial charge is 0.370 e. The standard InChI is InChI=1S/C6H14N2O.2ClH/c7-5-3-1-2-4-6(8)9;;/h1-5,7H2,(H2,8,9);2*1H. The first-order valence-electron chi connectivity index (χ1n) is 3.25. The van der Waals surface area contributed by atoms with Crippen molar-refractivity contribution in [3.63, 3.8) is 0 Å². The fourth-order valence-electron chi connectivity index (χ4n) is 0.620. The highest BCUT2D eigenvalue weighted by molar-refractivity contribution is 5.85. The minimum absolute atomic E-state index is 0. The van der Waals surface area contributed by atoms with Gasteiger partial charge in [0.25, 0.3) is 0 Å². The third-order valence-corrected chi connectivity index (χ3v) is 1.13. The molecule has 0 spiro atoms. The molecule has 0 atom stereocenters. The second kappa shape index (κ2) is 12.7. The number of amides is 1. The van der Waals surface area contributed by atoms with Crippen molar-refractivity contribution in [3.05, 3.63) is 0 Å². The summed E-state index contributed by atoms with van der Waals surface area (Å²) in [6, 6.07) is 0. The molecule has 0 rings (SSSR count). The van der Waals surface area contributed by atoms with Gasteiger partial charge in [0, 0.05) is 6.42 Å². The maximum Gasteiger partial charge on any atom is 0.217 e. The van der Waals surface area contributed by atoms with Crippen LogP contribution < -0.4 is 11.5 Å². The van der Waals surface area contributed by atoms with Crippen LogP contribution in [-0.2, 0) is 4.79 Å². The third kappa shape index (κ3) is 17.8. The lowest BCUT2D eigenvalue weighted by Crippen LogP contribution is -2.09. The normalized spacial score (nSPS) is 7.73. The number of primary amides is 1. The molecule has 70 valence electrons. The van der Waals surface area contributed by atoms with Crippen molar-refractivity contribution in [1.29, 1.82) is 0 Å². The van der Waals surface area contributed by atoms with Gasteiger partial charge in [-0.2, -0.15) is 0 Å². The van der Waals surface area contributed by atoms with Gasteiger partial charge in [-0.1, -0.05) is 6.42 Å². The number of carbonyl (C=O) groups is 1. The molecule has 0 heterocycles. The minimum atomic E-state index is -0.216. The van der Waals surface area contributed by atoms with Gasteiger partial charge in [-0.15, -0.1) is 24.8 Å². The van der Waals surface area contributed by atoms with Crippen molar-refractivity contribution in [2.75, 3.05) is 6.54 Å². The van der Waals surface area contributed by atoms with Crippen LogP contribution >= 0.6 is 24.8 Å². The van der Waals surface area contributed by atoms with E-state index in [1.807, 2.05) is 0 Å². The molecule has 0 aromatic rings. The summed E-state index contributed by atoms with van der Waals surface area (Å²) < 4.78 is 0. The highest BCUT2D eigenvalue weighted by Gasteiger charge is 1.91. The van der Waals surface area contributed by atoms with Gasteiger partial charge in [0.15, 0.2) is 0 Å². The van der Waals surface area contributed by atoms with Crippen LogP contribution in [-0.4, -0.2) is 12.5 Å². The number of hydrogen-bond donors (Lipinski definition) is 2. The van der Waals surface area contributed by atoms with Crippen LogP contribution in [0.1, 0.15) is 25.7 Å². The number of nitrogens with two attached hydrogens (primary N) is 2. The van der Waals surface area contributed by atoms with Gasteiger partial charge < -0.3 is 11.5 Å². The van der Waals surface area contributed by atoms with Gasteiger partial charge in [0.05, 0.1) is 0 Å². The van der Waals surface area contributed by atoms with Crippen LogP contribution in [0.2, 0.25) is 0 Å². The predicted octanol–water partition coefficient (Wildman–Crippen LogP) is 0.834. The molecule has 0 aliphatic rings. The van der Waals surface area contributed by atoms with Crippen molar-refractivity contribution in [1.82, 2.24) is 0 Å². The summed E-state index contributed by atoms with van der Waals surface area (Å²) in [6.45, 7) is 0.707. The first-order valence-corrected chi connectivity index (χ1v) is 3.25. The molecular formula is C6H16Cl2N2O. The van der Waals surface area contributed by atoms with E-state index in [-0.39, 0.29) is 30.7 Å². The topological polar surface area (TPSA) is 69.1 Å². The summed E-state index contributed by atoms with van der Waals surface area (Å²) in [7, 11) is 0. The lowest BCUT2D eigenvalue weighted by atomic mass is 10.2. The molecule has 5 heteroatoms. The van der Waals surface area contributed by atoms with Gasteiger partial charge in [-0.25, -0.2) is 0 Å². The fourth-order valence-corrected chi connectivity index (χ4v) is 0.620. The maximum atomic E-state index is 10.2. The maximum absolute atomic E-state index is 10.2. The lowest BCUT2D eigenvalue weighted by Gasteiger charge is -1.93. The van der Waals surface area contributed by atoms with E-state index in [1.165, 1.54) is 0 Å². The van der Waals surface area contributed by atoms with Crippen LogP contribution in [0.3, 0.4) is 0 Å². The summed E-state index contributed by atoms with van der Waals surface area (Å²) >= 11 is 0. The van der Waals surface area contributed by atoms with Gasteiger partial charge in [0.2, 0.25) is 5.91 Å². The monoisotopic (exact) mass is 202 g/mol. The van der Waals surface area contributed by atoms with Gasteiger partial charge in [-0.05, 0) is 19.4 Å². The molecule has 0 fully saturated rings. The molecule has 4 N–H and O–H groups in total. The number of hydrogen-bond acceptors (Lipinski definition) is 2. The predicted molar refractivity (Wildman–Crippen MR) is 51.2 cm³/mol. The summed E-state index contributed by atoms with van der Waals surface area (Å²) in [5.41, 5.74) is 10.1. The van der Waals surface area contributed by atoms with Gasteiger partial charge in [-0.3, -0.25) is 4.79 Å². The number of carbonyl (C=O) groups excluding carboxylic acids is 1. The van der Waals surface area contributed by atoms with E-state index in [9.17, 15) is 4.79 Å². The lowest BCUT2D eigenvalue weighted by molar-refractivity contribution is -0.118. The van der Waals surface area contributed by atoms with E-state index >= 15 is 0 Å². The molecule has 0 bridgehead atoms. The molecule has 0 aliphatic heterocycles. The zero-order valence-corrected chi connectivity index (χ0v) is 8.05. The second-order valence-electron chi connectivity index (χ2n) is 2.07. The van der Waals surface area contributed by atoms with E-state index in [0.29, 0.717) is 13.0 Å². The summed E-state index contributed by atoms with van der Waals surface area (Å²) in [4.78, 5) is 10.2. The van der Waals surface area contributed by atoms with Crippen LogP contribution in [0.4, 0.5) is 0 Å². The molecule has 0 aliphatic carbocycles. The molecule has 1 amide bonds. The van der Waals surface area contributed by atoms with Gasteiger partial charge >= 0.3 is 0 Å². The van der Waals surface area contributed by atoms with Crippen molar-refractivity contribution in [2.24, 2.45) is 11.5 Å². The quantitative estimate of drug-likeness (QED) is 0.650. The second-order valence-corrected chi connectivity index (χ2v) is 2.07. The van der Waals surface area contributed by atoms with Crippen molar-refractivity contribution in [2.45, 2.75) is 25.7 Å². The molecule has 0 saturated carbocycles. The fraction of sp³-hybridized carbons (Fsp3) is 0.833. The summed E-state index contributed by atoms with van der Waals surface area (Å²) in [5.74, 6) is -0.216. The first-order chi connectivity index (χ1) is 4.27. The van der Waals surface area contributed by atoms with E-state index in [0.717, 1.165) is 19.3 Å². The van der Waals surface area contributed by atoms with E-state index < -0.39 is 0 Å². The smallest absolute Gasteiger partial charge is 0.217 e. The highest BCUT2D eigenvalue weighted by Crippen LogP contribution is 1.96. The van der Waals surface area contributed by atoms with Crippen LogP contribution in [0.25, 0.3) is 0 Å². The highest BCUT2D eigenvalue weighted by atomic mass is 35.5. The molecule has 3 nitrogen and oxygen atoms in total. The Morgan fingerprint density at radius 2 is 1.64 bits per heavy atom.